The molecule has 0 radical (unpaired) electrons. The molecule has 0 heterocycles. The first kappa shape index (κ1) is 11.2. The highest BCUT2D eigenvalue weighted by atomic mass is 16.9. The minimum atomic E-state index is -0.971. The Morgan fingerprint density at radius 1 is 0.929 bits per heavy atom. The van der Waals surface area contributed by atoms with Crippen molar-refractivity contribution in [3.05, 3.63) is 35.9 Å². The van der Waals surface area contributed by atoms with Crippen molar-refractivity contribution in [3.63, 3.8) is 0 Å². The molecule has 0 atom stereocenters. The molecule has 0 bridgehead atoms. The van der Waals surface area contributed by atoms with E-state index in [0.29, 0.717) is 6.42 Å². The fraction of sp³-hybridized carbons (Fsp3) is 0.455. The molecule has 0 aromatic heterocycles. The molecule has 0 amide bonds. The number of methoxy groups -OCH3 is 3. The smallest absolute Gasteiger partial charge is 0.286 e. The second-order valence-electron chi connectivity index (χ2n) is 2.96. The van der Waals surface area contributed by atoms with Crippen LogP contribution in [0.25, 0.3) is 0 Å². The maximum atomic E-state index is 5.20. The standard InChI is InChI=1S/C11H16O3/c1-12-11(13-2,14-3)9-10-7-5-4-6-8-10/h4-8H,9H2,1-3H3. The molecule has 0 N–H and O–H groups in total. The van der Waals surface area contributed by atoms with Crippen LogP contribution in [0.4, 0.5) is 0 Å². The lowest BCUT2D eigenvalue weighted by atomic mass is 10.1. The van der Waals surface area contributed by atoms with Gasteiger partial charge in [-0.25, -0.2) is 0 Å². The minimum absolute atomic E-state index is 0.567. The molecule has 0 spiro atoms. The van der Waals surface area contributed by atoms with Gasteiger partial charge in [0.15, 0.2) is 0 Å². The molecule has 1 aromatic carbocycles. The molecule has 0 aliphatic rings. The Kier molecular flexibility index (Phi) is 4.07. The highest BCUT2D eigenvalue weighted by Crippen LogP contribution is 2.18. The lowest BCUT2D eigenvalue weighted by Gasteiger charge is -2.28. The number of ether oxygens (including phenoxy) is 3. The molecular weight excluding hydrogens is 180 g/mol. The molecule has 0 saturated heterocycles. The van der Waals surface area contributed by atoms with E-state index >= 15 is 0 Å². The van der Waals surface area contributed by atoms with Crippen molar-refractivity contribution in [1.29, 1.82) is 0 Å². The van der Waals surface area contributed by atoms with Gasteiger partial charge < -0.3 is 14.2 Å². The number of hydrogen-bond donors (Lipinski definition) is 0. The number of benzene rings is 1. The van der Waals surface area contributed by atoms with Gasteiger partial charge in [-0.05, 0) is 5.56 Å². The third-order valence-corrected chi connectivity index (χ3v) is 2.20. The van der Waals surface area contributed by atoms with Gasteiger partial charge in [-0.2, -0.15) is 0 Å². The molecule has 1 rings (SSSR count). The predicted octanol–water partition coefficient (Wildman–Crippen LogP) is 1.82. The summed E-state index contributed by atoms with van der Waals surface area (Å²) in [6, 6.07) is 9.93. The zero-order chi connectivity index (χ0) is 10.4. The van der Waals surface area contributed by atoms with Crippen LogP contribution in [-0.4, -0.2) is 27.3 Å². The zero-order valence-electron chi connectivity index (χ0n) is 8.82. The number of rotatable bonds is 5. The van der Waals surface area contributed by atoms with Gasteiger partial charge in [-0.15, -0.1) is 0 Å². The van der Waals surface area contributed by atoms with Crippen LogP contribution >= 0.6 is 0 Å². The predicted molar refractivity (Wildman–Crippen MR) is 53.9 cm³/mol. The summed E-state index contributed by atoms with van der Waals surface area (Å²) >= 11 is 0. The van der Waals surface area contributed by atoms with Gasteiger partial charge in [0.2, 0.25) is 0 Å². The van der Waals surface area contributed by atoms with Crippen LogP contribution in [0.5, 0.6) is 0 Å². The average Bonchev–Trinajstić information content (AvgIpc) is 2.28. The van der Waals surface area contributed by atoms with Crippen molar-refractivity contribution in [3.8, 4) is 0 Å². The second-order valence-corrected chi connectivity index (χ2v) is 2.96. The molecular formula is C11H16O3. The van der Waals surface area contributed by atoms with E-state index in [-0.39, 0.29) is 0 Å². The third-order valence-electron chi connectivity index (χ3n) is 2.20. The topological polar surface area (TPSA) is 27.7 Å². The summed E-state index contributed by atoms with van der Waals surface area (Å²) in [5.74, 6) is -0.971. The Morgan fingerprint density at radius 2 is 1.43 bits per heavy atom. The van der Waals surface area contributed by atoms with E-state index in [1.807, 2.05) is 30.3 Å². The summed E-state index contributed by atoms with van der Waals surface area (Å²) in [6.45, 7) is 0. The van der Waals surface area contributed by atoms with E-state index in [1.54, 1.807) is 21.3 Å². The van der Waals surface area contributed by atoms with Crippen LogP contribution in [-0.2, 0) is 20.6 Å². The highest BCUT2D eigenvalue weighted by Gasteiger charge is 2.29. The van der Waals surface area contributed by atoms with Crippen LogP contribution < -0.4 is 0 Å². The van der Waals surface area contributed by atoms with Gasteiger partial charge in [-0.3, -0.25) is 0 Å². The van der Waals surface area contributed by atoms with E-state index in [9.17, 15) is 0 Å². The van der Waals surface area contributed by atoms with Crippen molar-refractivity contribution in [2.75, 3.05) is 21.3 Å². The fourth-order valence-electron chi connectivity index (χ4n) is 1.31. The van der Waals surface area contributed by atoms with Gasteiger partial charge in [0.1, 0.15) is 0 Å². The van der Waals surface area contributed by atoms with E-state index in [4.69, 9.17) is 14.2 Å². The van der Waals surface area contributed by atoms with Crippen LogP contribution in [0.15, 0.2) is 30.3 Å². The van der Waals surface area contributed by atoms with Crippen LogP contribution in [0, 0.1) is 0 Å². The Balaban J connectivity index is 2.74. The Bertz CT molecular complexity index is 246. The largest absolute Gasteiger partial charge is 0.331 e. The summed E-state index contributed by atoms with van der Waals surface area (Å²) in [6.07, 6.45) is 0.567. The Hall–Kier alpha value is -0.900. The molecule has 3 nitrogen and oxygen atoms in total. The molecule has 0 aliphatic carbocycles. The lowest BCUT2D eigenvalue weighted by Crippen LogP contribution is -2.38. The number of hydrogen-bond acceptors (Lipinski definition) is 3. The van der Waals surface area contributed by atoms with E-state index in [0.717, 1.165) is 5.56 Å². The van der Waals surface area contributed by atoms with Gasteiger partial charge in [-0.1, -0.05) is 30.3 Å². The first-order chi connectivity index (χ1) is 6.76. The van der Waals surface area contributed by atoms with Gasteiger partial charge in [0, 0.05) is 21.3 Å². The second kappa shape index (κ2) is 5.10. The van der Waals surface area contributed by atoms with Gasteiger partial charge in [0.05, 0.1) is 6.42 Å². The summed E-state index contributed by atoms with van der Waals surface area (Å²) in [4.78, 5) is 0. The first-order valence-electron chi connectivity index (χ1n) is 4.45. The summed E-state index contributed by atoms with van der Waals surface area (Å²) in [5.41, 5.74) is 1.11. The van der Waals surface area contributed by atoms with E-state index < -0.39 is 5.97 Å². The molecule has 1 aromatic rings. The molecule has 0 fully saturated rings. The molecule has 0 aliphatic heterocycles. The van der Waals surface area contributed by atoms with Crippen LogP contribution in [0.1, 0.15) is 5.56 Å². The summed E-state index contributed by atoms with van der Waals surface area (Å²) in [5, 5.41) is 0. The monoisotopic (exact) mass is 196 g/mol. The maximum absolute atomic E-state index is 5.20. The molecule has 14 heavy (non-hydrogen) atoms. The van der Waals surface area contributed by atoms with Crippen LogP contribution in [0.2, 0.25) is 0 Å². The molecule has 3 heteroatoms. The molecule has 0 unspecified atom stereocenters. The van der Waals surface area contributed by atoms with Crippen molar-refractivity contribution in [1.82, 2.24) is 0 Å². The van der Waals surface area contributed by atoms with Crippen molar-refractivity contribution in [2.45, 2.75) is 12.4 Å². The van der Waals surface area contributed by atoms with Gasteiger partial charge >= 0.3 is 0 Å². The summed E-state index contributed by atoms with van der Waals surface area (Å²) in [7, 11) is 4.70. The average molecular weight is 196 g/mol. The molecule has 78 valence electrons. The Morgan fingerprint density at radius 3 is 1.86 bits per heavy atom. The van der Waals surface area contributed by atoms with Crippen molar-refractivity contribution >= 4 is 0 Å². The van der Waals surface area contributed by atoms with Crippen LogP contribution in [0.3, 0.4) is 0 Å². The maximum Gasteiger partial charge on any atom is 0.286 e. The normalized spacial score (nSPS) is 11.6. The minimum Gasteiger partial charge on any atom is -0.331 e. The molecule has 0 saturated carbocycles. The first-order valence-corrected chi connectivity index (χ1v) is 4.45. The van der Waals surface area contributed by atoms with E-state index in [2.05, 4.69) is 0 Å². The van der Waals surface area contributed by atoms with Gasteiger partial charge in [0.25, 0.3) is 5.97 Å². The highest BCUT2D eigenvalue weighted by molar-refractivity contribution is 5.15. The fourth-order valence-corrected chi connectivity index (χ4v) is 1.31. The quantitative estimate of drug-likeness (QED) is 0.672. The lowest BCUT2D eigenvalue weighted by molar-refractivity contribution is -0.350. The SMILES string of the molecule is COC(Cc1ccccc1)(OC)OC. The summed E-state index contributed by atoms with van der Waals surface area (Å²) < 4.78 is 15.6. The van der Waals surface area contributed by atoms with E-state index in [1.165, 1.54) is 0 Å². The van der Waals surface area contributed by atoms with Crippen molar-refractivity contribution in [2.24, 2.45) is 0 Å². The third kappa shape index (κ3) is 2.54. The van der Waals surface area contributed by atoms with Crippen molar-refractivity contribution < 1.29 is 14.2 Å². The zero-order valence-corrected chi connectivity index (χ0v) is 8.82. The Labute approximate surface area is 84.6 Å².